The second-order valence-electron chi connectivity index (χ2n) is 8.45. The highest BCUT2D eigenvalue weighted by Gasteiger charge is 2.31. The first-order valence-corrected chi connectivity index (χ1v) is 10.8. The number of carbonyl (C=O) groups excluding carboxylic acids is 1. The Hall–Kier alpha value is -2.47. The van der Waals surface area contributed by atoms with Crippen LogP contribution in [0.15, 0.2) is 36.5 Å². The monoisotopic (exact) mass is 393 g/mol. The van der Waals surface area contributed by atoms with Crippen LogP contribution >= 0.6 is 0 Å². The number of piperidine rings is 1. The van der Waals surface area contributed by atoms with Gasteiger partial charge in [-0.05, 0) is 69.3 Å². The SMILES string of the molecule is Cc1cc(Nc2ccccn2)cc([C@H]2CCCN2CC(=O)N2CCC(C)CC2)n1. The third-order valence-electron chi connectivity index (χ3n) is 6.09. The van der Waals surface area contributed by atoms with Crippen molar-refractivity contribution >= 4 is 17.4 Å². The quantitative estimate of drug-likeness (QED) is 0.834. The molecule has 2 aromatic rings. The molecule has 29 heavy (non-hydrogen) atoms. The lowest BCUT2D eigenvalue weighted by Gasteiger charge is -2.33. The number of aryl methyl sites for hydroxylation is 1. The molecule has 6 heteroatoms. The molecule has 2 aromatic heterocycles. The highest BCUT2D eigenvalue weighted by molar-refractivity contribution is 5.78. The Labute approximate surface area is 173 Å². The van der Waals surface area contributed by atoms with Gasteiger partial charge in [0.25, 0.3) is 0 Å². The first kappa shape index (κ1) is 19.8. The second kappa shape index (κ2) is 8.91. The third-order valence-corrected chi connectivity index (χ3v) is 6.09. The Morgan fingerprint density at radius 3 is 2.76 bits per heavy atom. The summed E-state index contributed by atoms with van der Waals surface area (Å²) in [6.45, 7) is 7.56. The Morgan fingerprint density at radius 1 is 1.17 bits per heavy atom. The van der Waals surface area contributed by atoms with Gasteiger partial charge in [-0.2, -0.15) is 0 Å². The van der Waals surface area contributed by atoms with Crippen molar-refractivity contribution in [2.24, 2.45) is 5.92 Å². The number of nitrogens with one attached hydrogen (secondary N) is 1. The van der Waals surface area contributed by atoms with Crippen LogP contribution in [-0.2, 0) is 4.79 Å². The van der Waals surface area contributed by atoms with Crippen LogP contribution in [-0.4, -0.2) is 51.9 Å². The van der Waals surface area contributed by atoms with Crippen LogP contribution in [0.4, 0.5) is 11.5 Å². The maximum absolute atomic E-state index is 12.9. The molecule has 2 saturated heterocycles. The molecule has 0 bridgehead atoms. The van der Waals surface area contributed by atoms with Crippen LogP contribution in [0.2, 0.25) is 0 Å². The maximum Gasteiger partial charge on any atom is 0.236 e. The van der Waals surface area contributed by atoms with Crippen molar-refractivity contribution in [2.45, 2.75) is 45.6 Å². The number of hydrogen-bond acceptors (Lipinski definition) is 5. The van der Waals surface area contributed by atoms with Crippen molar-refractivity contribution in [1.29, 1.82) is 0 Å². The topological polar surface area (TPSA) is 61.4 Å². The fourth-order valence-corrected chi connectivity index (χ4v) is 4.40. The second-order valence-corrected chi connectivity index (χ2v) is 8.45. The number of amides is 1. The van der Waals surface area contributed by atoms with Gasteiger partial charge in [-0.3, -0.25) is 14.7 Å². The predicted molar refractivity (Wildman–Crippen MR) is 115 cm³/mol. The summed E-state index contributed by atoms with van der Waals surface area (Å²) < 4.78 is 0. The molecule has 2 aliphatic rings. The summed E-state index contributed by atoms with van der Waals surface area (Å²) in [6, 6.07) is 10.2. The van der Waals surface area contributed by atoms with E-state index in [1.54, 1.807) is 6.20 Å². The molecule has 0 saturated carbocycles. The molecule has 1 amide bonds. The standard InChI is InChI=1S/C23H31N5O/c1-17-8-12-27(13-9-17)23(29)16-28-11-5-6-21(28)20-15-19(14-18(2)25-20)26-22-7-3-4-10-24-22/h3-4,7,10,14-15,17,21H,5-6,8-9,11-13,16H2,1-2H3,(H,24,25,26)/t21-/m1/s1. The van der Waals surface area contributed by atoms with E-state index in [2.05, 4.69) is 28.2 Å². The molecule has 1 N–H and O–H groups in total. The normalized spacial score (nSPS) is 20.8. The summed E-state index contributed by atoms with van der Waals surface area (Å²) in [5.74, 6) is 1.82. The van der Waals surface area contributed by atoms with Crippen LogP contribution in [0.1, 0.15) is 50.0 Å². The lowest BCUT2D eigenvalue weighted by Crippen LogP contribution is -2.43. The summed E-state index contributed by atoms with van der Waals surface area (Å²) in [6.07, 6.45) is 6.18. The molecule has 0 radical (unpaired) electrons. The lowest BCUT2D eigenvalue weighted by molar-refractivity contribution is -0.134. The molecular weight excluding hydrogens is 362 g/mol. The molecule has 2 aliphatic heterocycles. The predicted octanol–water partition coefficient (Wildman–Crippen LogP) is 3.92. The number of nitrogens with zero attached hydrogens (tertiary/aromatic N) is 4. The zero-order chi connectivity index (χ0) is 20.2. The number of pyridine rings is 2. The first-order valence-electron chi connectivity index (χ1n) is 10.8. The number of carbonyl (C=O) groups is 1. The van der Waals surface area contributed by atoms with Crippen molar-refractivity contribution < 1.29 is 4.79 Å². The molecule has 0 aliphatic carbocycles. The van der Waals surface area contributed by atoms with Gasteiger partial charge in [0.05, 0.1) is 18.3 Å². The van der Waals surface area contributed by atoms with E-state index in [0.29, 0.717) is 6.54 Å². The number of aromatic nitrogens is 2. The first-order chi connectivity index (χ1) is 14.1. The molecule has 0 aromatic carbocycles. The Kier molecular flexibility index (Phi) is 6.09. The average Bonchev–Trinajstić information content (AvgIpc) is 3.17. The summed E-state index contributed by atoms with van der Waals surface area (Å²) in [7, 11) is 0. The van der Waals surface area contributed by atoms with E-state index in [-0.39, 0.29) is 11.9 Å². The van der Waals surface area contributed by atoms with Crippen molar-refractivity contribution in [3.05, 3.63) is 47.9 Å². The smallest absolute Gasteiger partial charge is 0.236 e. The van der Waals surface area contributed by atoms with Crippen LogP contribution in [0.3, 0.4) is 0 Å². The minimum absolute atomic E-state index is 0.201. The maximum atomic E-state index is 12.9. The van der Waals surface area contributed by atoms with Crippen molar-refractivity contribution in [3.8, 4) is 0 Å². The zero-order valence-corrected chi connectivity index (χ0v) is 17.5. The fourth-order valence-electron chi connectivity index (χ4n) is 4.40. The largest absolute Gasteiger partial charge is 0.342 e. The number of hydrogen-bond donors (Lipinski definition) is 1. The van der Waals surface area contributed by atoms with Crippen molar-refractivity contribution in [2.75, 3.05) is 31.5 Å². The van der Waals surface area contributed by atoms with E-state index in [1.807, 2.05) is 36.1 Å². The number of rotatable bonds is 5. The van der Waals surface area contributed by atoms with Gasteiger partial charge >= 0.3 is 0 Å². The van der Waals surface area contributed by atoms with Gasteiger partial charge in [0.15, 0.2) is 0 Å². The Morgan fingerprint density at radius 2 is 2.00 bits per heavy atom. The van der Waals surface area contributed by atoms with Crippen LogP contribution < -0.4 is 5.32 Å². The van der Waals surface area contributed by atoms with Gasteiger partial charge < -0.3 is 10.2 Å². The summed E-state index contributed by atoms with van der Waals surface area (Å²) >= 11 is 0. The number of anilines is 2. The van der Waals surface area contributed by atoms with E-state index < -0.39 is 0 Å². The Bertz CT molecular complexity index is 832. The van der Waals surface area contributed by atoms with E-state index in [4.69, 9.17) is 4.98 Å². The van der Waals surface area contributed by atoms with Crippen LogP contribution in [0.5, 0.6) is 0 Å². The fraction of sp³-hybridized carbons (Fsp3) is 0.522. The molecule has 1 atom stereocenters. The average molecular weight is 394 g/mol. The highest BCUT2D eigenvalue weighted by Crippen LogP contribution is 2.32. The van der Waals surface area contributed by atoms with Gasteiger partial charge in [-0.25, -0.2) is 4.98 Å². The molecule has 0 spiro atoms. The minimum Gasteiger partial charge on any atom is -0.342 e. The van der Waals surface area contributed by atoms with E-state index in [0.717, 1.165) is 74.1 Å². The summed E-state index contributed by atoms with van der Waals surface area (Å²) in [5.41, 5.74) is 3.01. The number of likely N-dealkylation sites (tertiary alicyclic amines) is 2. The summed E-state index contributed by atoms with van der Waals surface area (Å²) in [4.78, 5) is 26.4. The van der Waals surface area contributed by atoms with Gasteiger partial charge in [0, 0.05) is 30.7 Å². The van der Waals surface area contributed by atoms with Gasteiger partial charge in [-0.15, -0.1) is 0 Å². The third kappa shape index (κ3) is 4.93. The lowest BCUT2D eigenvalue weighted by atomic mass is 9.99. The molecular formula is C23H31N5O. The highest BCUT2D eigenvalue weighted by atomic mass is 16.2. The molecule has 0 unspecified atom stereocenters. The minimum atomic E-state index is 0.201. The zero-order valence-electron chi connectivity index (χ0n) is 17.5. The van der Waals surface area contributed by atoms with Crippen molar-refractivity contribution in [3.63, 3.8) is 0 Å². The molecule has 154 valence electrons. The van der Waals surface area contributed by atoms with Gasteiger partial charge in [0.2, 0.25) is 5.91 Å². The van der Waals surface area contributed by atoms with Gasteiger partial charge in [0.1, 0.15) is 5.82 Å². The van der Waals surface area contributed by atoms with Crippen LogP contribution in [0, 0.1) is 12.8 Å². The molecule has 2 fully saturated rings. The van der Waals surface area contributed by atoms with E-state index in [9.17, 15) is 4.79 Å². The molecule has 6 nitrogen and oxygen atoms in total. The van der Waals surface area contributed by atoms with E-state index in [1.165, 1.54) is 0 Å². The van der Waals surface area contributed by atoms with Gasteiger partial charge in [-0.1, -0.05) is 13.0 Å². The Balaban J connectivity index is 1.46. The molecule has 4 rings (SSSR count). The van der Waals surface area contributed by atoms with Crippen molar-refractivity contribution in [1.82, 2.24) is 19.8 Å². The summed E-state index contributed by atoms with van der Waals surface area (Å²) in [5, 5.41) is 3.38. The molecule has 4 heterocycles. The van der Waals surface area contributed by atoms with Crippen LogP contribution in [0.25, 0.3) is 0 Å². The van der Waals surface area contributed by atoms with E-state index >= 15 is 0 Å².